The first-order chi connectivity index (χ1) is 7.97. The second-order valence-corrected chi connectivity index (χ2v) is 4.82. The van der Waals surface area contributed by atoms with E-state index in [-0.39, 0.29) is 27.9 Å². The number of anilines is 1. The SMILES string of the molecule is O=[N+]([O-])c1cc(Cl)c(NC2CC(O)C2)c(Cl)c1. The van der Waals surface area contributed by atoms with E-state index in [2.05, 4.69) is 5.32 Å². The van der Waals surface area contributed by atoms with Crippen LogP contribution in [0.15, 0.2) is 12.1 Å². The van der Waals surface area contributed by atoms with Crippen LogP contribution in [0.4, 0.5) is 11.4 Å². The van der Waals surface area contributed by atoms with E-state index in [0.29, 0.717) is 18.5 Å². The molecule has 0 aromatic heterocycles. The first-order valence-corrected chi connectivity index (χ1v) is 5.81. The molecule has 0 atom stereocenters. The quantitative estimate of drug-likeness (QED) is 0.658. The zero-order valence-corrected chi connectivity index (χ0v) is 10.2. The van der Waals surface area contributed by atoms with Gasteiger partial charge in [-0.25, -0.2) is 0 Å². The second-order valence-electron chi connectivity index (χ2n) is 4.01. The van der Waals surface area contributed by atoms with Gasteiger partial charge in [0.2, 0.25) is 0 Å². The van der Waals surface area contributed by atoms with Gasteiger partial charge in [0.25, 0.3) is 5.69 Å². The molecule has 0 saturated heterocycles. The third kappa shape index (κ3) is 2.62. The Morgan fingerprint density at radius 3 is 2.29 bits per heavy atom. The Balaban J connectivity index is 2.20. The molecular weight excluding hydrogens is 267 g/mol. The molecule has 1 aliphatic carbocycles. The van der Waals surface area contributed by atoms with Crippen molar-refractivity contribution in [1.82, 2.24) is 0 Å². The minimum absolute atomic E-state index is 0.112. The molecule has 7 heteroatoms. The van der Waals surface area contributed by atoms with E-state index in [4.69, 9.17) is 28.3 Å². The van der Waals surface area contributed by atoms with Crippen LogP contribution in [0.1, 0.15) is 12.8 Å². The normalized spacial score (nSPS) is 23.0. The lowest BCUT2D eigenvalue weighted by atomic mass is 9.89. The van der Waals surface area contributed by atoms with E-state index in [1.807, 2.05) is 0 Å². The van der Waals surface area contributed by atoms with Crippen molar-refractivity contribution in [3.8, 4) is 0 Å². The van der Waals surface area contributed by atoms with Crippen molar-refractivity contribution in [2.24, 2.45) is 0 Å². The third-order valence-electron chi connectivity index (χ3n) is 2.70. The molecule has 1 saturated carbocycles. The Labute approximate surface area is 107 Å². The molecule has 0 amide bonds. The molecule has 1 aromatic rings. The van der Waals surface area contributed by atoms with Crippen molar-refractivity contribution >= 4 is 34.6 Å². The number of halogens is 2. The summed E-state index contributed by atoms with van der Waals surface area (Å²) in [6, 6.07) is 2.62. The van der Waals surface area contributed by atoms with Gasteiger partial charge >= 0.3 is 0 Å². The minimum Gasteiger partial charge on any atom is -0.393 e. The maximum atomic E-state index is 10.6. The molecule has 2 rings (SSSR count). The van der Waals surface area contributed by atoms with Crippen LogP contribution < -0.4 is 5.32 Å². The van der Waals surface area contributed by atoms with Crippen LogP contribution in [0.2, 0.25) is 10.0 Å². The van der Waals surface area contributed by atoms with Crippen LogP contribution in [0.3, 0.4) is 0 Å². The van der Waals surface area contributed by atoms with E-state index < -0.39 is 4.92 Å². The molecular formula is C10H10Cl2N2O3. The summed E-state index contributed by atoms with van der Waals surface area (Å²) in [7, 11) is 0. The number of rotatable bonds is 3. The number of non-ortho nitro benzene ring substituents is 1. The number of aliphatic hydroxyl groups excluding tert-OH is 1. The summed E-state index contributed by atoms with van der Waals surface area (Å²) >= 11 is 11.9. The van der Waals surface area contributed by atoms with E-state index in [9.17, 15) is 10.1 Å². The zero-order chi connectivity index (χ0) is 12.6. The molecule has 92 valence electrons. The van der Waals surface area contributed by atoms with Gasteiger partial charge in [-0.1, -0.05) is 23.2 Å². The number of nitro benzene ring substituents is 1. The summed E-state index contributed by atoms with van der Waals surface area (Å²) in [6.07, 6.45) is 0.968. The van der Waals surface area contributed by atoms with E-state index >= 15 is 0 Å². The Morgan fingerprint density at radius 2 is 1.88 bits per heavy atom. The molecule has 5 nitrogen and oxygen atoms in total. The molecule has 0 unspecified atom stereocenters. The molecule has 17 heavy (non-hydrogen) atoms. The van der Waals surface area contributed by atoms with Gasteiger partial charge in [-0.15, -0.1) is 0 Å². The Morgan fingerprint density at radius 1 is 1.35 bits per heavy atom. The lowest BCUT2D eigenvalue weighted by Crippen LogP contribution is -2.39. The topological polar surface area (TPSA) is 75.4 Å². The highest BCUT2D eigenvalue weighted by Gasteiger charge is 2.28. The number of hydrogen-bond donors (Lipinski definition) is 2. The number of hydrogen-bond acceptors (Lipinski definition) is 4. The molecule has 0 heterocycles. The number of nitrogens with zero attached hydrogens (tertiary/aromatic N) is 1. The first-order valence-electron chi connectivity index (χ1n) is 5.05. The van der Waals surface area contributed by atoms with Crippen molar-refractivity contribution in [2.45, 2.75) is 25.0 Å². The Bertz CT molecular complexity index is 438. The average Bonchev–Trinajstić information content (AvgIpc) is 2.19. The molecule has 2 N–H and O–H groups in total. The highest BCUT2D eigenvalue weighted by atomic mass is 35.5. The number of benzene rings is 1. The fourth-order valence-electron chi connectivity index (χ4n) is 1.71. The maximum Gasteiger partial charge on any atom is 0.272 e. The molecule has 0 aliphatic heterocycles. The highest BCUT2D eigenvalue weighted by molar-refractivity contribution is 6.39. The zero-order valence-electron chi connectivity index (χ0n) is 8.69. The average molecular weight is 277 g/mol. The number of aliphatic hydroxyl groups is 1. The van der Waals surface area contributed by atoms with Crippen LogP contribution >= 0.6 is 23.2 Å². The fraction of sp³-hybridized carbons (Fsp3) is 0.400. The van der Waals surface area contributed by atoms with Crippen LogP contribution in [-0.2, 0) is 0 Å². The Kier molecular flexibility index (Phi) is 3.42. The van der Waals surface area contributed by atoms with Gasteiger partial charge in [0.1, 0.15) is 0 Å². The standard InChI is InChI=1S/C10H10Cl2N2O3/c11-8-3-6(14(16)17)4-9(12)10(8)13-5-1-7(15)2-5/h3-5,7,13,15H,1-2H2. The van der Waals surface area contributed by atoms with Crippen molar-refractivity contribution < 1.29 is 10.0 Å². The predicted molar refractivity (Wildman–Crippen MR) is 65.8 cm³/mol. The van der Waals surface area contributed by atoms with Gasteiger partial charge in [-0.2, -0.15) is 0 Å². The summed E-state index contributed by atoms with van der Waals surface area (Å²) < 4.78 is 0. The van der Waals surface area contributed by atoms with Crippen molar-refractivity contribution in [3.05, 3.63) is 32.3 Å². The Hall–Kier alpha value is -1.04. The van der Waals surface area contributed by atoms with Gasteiger partial charge < -0.3 is 10.4 Å². The van der Waals surface area contributed by atoms with Gasteiger partial charge in [0.05, 0.1) is 26.8 Å². The van der Waals surface area contributed by atoms with E-state index in [1.54, 1.807) is 0 Å². The number of nitro groups is 1. The summed E-state index contributed by atoms with van der Waals surface area (Å²) in [5.74, 6) is 0. The smallest absolute Gasteiger partial charge is 0.272 e. The predicted octanol–water partition coefficient (Wildman–Crippen LogP) is 2.84. The van der Waals surface area contributed by atoms with E-state index in [0.717, 1.165) is 0 Å². The lowest BCUT2D eigenvalue weighted by Gasteiger charge is -2.33. The highest BCUT2D eigenvalue weighted by Crippen LogP contribution is 2.37. The van der Waals surface area contributed by atoms with Crippen LogP contribution in [0, 0.1) is 10.1 Å². The van der Waals surface area contributed by atoms with Crippen LogP contribution in [-0.4, -0.2) is 22.2 Å². The second kappa shape index (κ2) is 4.68. The molecule has 0 radical (unpaired) electrons. The molecule has 0 spiro atoms. The van der Waals surface area contributed by atoms with Crippen molar-refractivity contribution in [2.75, 3.05) is 5.32 Å². The van der Waals surface area contributed by atoms with Crippen LogP contribution in [0.5, 0.6) is 0 Å². The van der Waals surface area contributed by atoms with Gasteiger partial charge in [0, 0.05) is 18.2 Å². The summed E-state index contributed by atoms with van der Waals surface area (Å²) in [5, 5.41) is 23.2. The molecule has 1 aromatic carbocycles. The molecule has 1 fully saturated rings. The third-order valence-corrected chi connectivity index (χ3v) is 3.30. The monoisotopic (exact) mass is 276 g/mol. The first kappa shape index (κ1) is 12.4. The molecule has 0 bridgehead atoms. The van der Waals surface area contributed by atoms with Crippen LogP contribution in [0.25, 0.3) is 0 Å². The minimum atomic E-state index is -0.547. The lowest BCUT2D eigenvalue weighted by molar-refractivity contribution is -0.384. The van der Waals surface area contributed by atoms with Gasteiger partial charge in [-0.3, -0.25) is 10.1 Å². The summed E-state index contributed by atoms with van der Waals surface area (Å²) in [5.41, 5.74) is 0.343. The van der Waals surface area contributed by atoms with Crippen molar-refractivity contribution in [3.63, 3.8) is 0 Å². The largest absolute Gasteiger partial charge is 0.393 e. The molecule has 1 aliphatic rings. The van der Waals surface area contributed by atoms with Gasteiger partial charge in [-0.05, 0) is 12.8 Å². The fourth-order valence-corrected chi connectivity index (χ4v) is 2.30. The summed E-state index contributed by atoms with van der Waals surface area (Å²) in [4.78, 5) is 10.0. The van der Waals surface area contributed by atoms with Crippen molar-refractivity contribution in [1.29, 1.82) is 0 Å². The van der Waals surface area contributed by atoms with Gasteiger partial charge in [0.15, 0.2) is 0 Å². The maximum absolute atomic E-state index is 10.6. The number of nitrogens with one attached hydrogen (secondary N) is 1. The van der Waals surface area contributed by atoms with E-state index in [1.165, 1.54) is 12.1 Å². The summed E-state index contributed by atoms with van der Waals surface area (Å²) in [6.45, 7) is 0.